The number of anilines is 1. The number of carbonyl (C=O) groups excluding carboxylic acids is 1. The van der Waals surface area contributed by atoms with Gasteiger partial charge in [0, 0.05) is 13.1 Å². The number of fused-ring (bicyclic) bond motifs is 1. The maximum Gasteiger partial charge on any atom is 0.434 e. The number of carbonyl (C=O) groups is 1. The molecule has 1 aliphatic rings. The van der Waals surface area contributed by atoms with Crippen LogP contribution in [-0.4, -0.2) is 39.0 Å². The standard InChI is InChI=1S/C14H14ClN5O4/c15-11-5-4-9-12(17-11)13(10(8-16-9)20(22)23)18-24-14(21)19-6-2-1-3-7-19/h4-5,8H,1-3,6-7H2,(H,16,18). The van der Waals surface area contributed by atoms with E-state index in [9.17, 15) is 14.9 Å². The summed E-state index contributed by atoms with van der Waals surface area (Å²) in [7, 11) is 0. The van der Waals surface area contributed by atoms with Crippen molar-refractivity contribution < 1.29 is 14.6 Å². The van der Waals surface area contributed by atoms with Crippen LogP contribution in [0.2, 0.25) is 5.15 Å². The fourth-order valence-electron chi connectivity index (χ4n) is 2.51. The first kappa shape index (κ1) is 16.2. The summed E-state index contributed by atoms with van der Waals surface area (Å²) in [5.74, 6) is 0. The molecule has 0 bridgehead atoms. The molecule has 2 aromatic heterocycles. The zero-order valence-corrected chi connectivity index (χ0v) is 13.3. The second-order valence-electron chi connectivity index (χ2n) is 5.29. The summed E-state index contributed by atoms with van der Waals surface area (Å²) in [4.78, 5) is 37.2. The summed E-state index contributed by atoms with van der Waals surface area (Å²) in [5, 5.41) is 11.4. The average Bonchev–Trinajstić information content (AvgIpc) is 2.59. The van der Waals surface area contributed by atoms with Crippen LogP contribution in [0.25, 0.3) is 11.0 Å². The molecule has 3 rings (SSSR count). The SMILES string of the molecule is O=C(ONc1c([N+](=O)[O-])cnc2ccc(Cl)nc12)N1CCCCC1. The smallest absolute Gasteiger partial charge is 0.324 e. The molecule has 24 heavy (non-hydrogen) atoms. The molecule has 0 unspecified atom stereocenters. The number of nitrogens with zero attached hydrogens (tertiary/aromatic N) is 4. The number of aromatic nitrogens is 2. The van der Waals surface area contributed by atoms with E-state index in [1.54, 1.807) is 11.0 Å². The van der Waals surface area contributed by atoms with Crippen molar-refractivity contribution in [1.29, 1.82) is 0 Å². The maximum atomic E-state index is 12.1. The number of pyridine rings is 2. The van der Waals surface area contributed by atoms with E-state index < -0.39 is 11.0 Å². The van der Waals surface area contributed by atoms with E-state index in [-0.39, 0.29) is 22.0 Å². The summed E-state index contributed by atoms with van der Waals surface area (Å²) < 4.78 is 0. The second kappa shape index (κ2) is 6.83. The molecule has 3 heterocycles. The highest BCUT2D eigenvalue weighted by molar-refractivity contribution is 6.29. The molecule has 1 saturated heterocycles. The van der Waals surface area contributed by atoms with Crippen molar-refractivity contribution in [3.8, 4) is 0 Å². The zero-order chi connectivity index (χ0) is 17.1. The number of hydrogen-bond donors (Lipinski definition) is 1. The molecule has 10 heteroatoms. The van der Waals surface area contributed by atoms with Crippen LogP contribution in [-0.2, 0) is 4.84 Å². The Morgan fingerprint density at radius 1 is 1.33 bits per heavy atom. The maximum absolute atomic E-state index is 12.1. The molecule has 0 atom stereocenters. The van der Waals surface area contributed by atoms with Crippen molar-refractivity contribution in [2.45, 2.75) is 19.3 Å². The van der Waals surface area contributed by atoms with Gasteiger partial charge in [-0.3, -0.25) is 10.1 Å². The van der Waals surface area contributed by atoms with E-state index in [1.165, 1.54) is 6.07 Å². The summed E-state index contributed by atoms with van der Waals surface area (Å²) in [6.07, 6.45) is 3.38. The van der Waals surface area contributed by atoms with Crippen LogP contribution in [0.5, 0.6) is 0 Å². The van der Waals surface area contributed by atoms with E-state index in [4.69, 9.17) is 16.4 Å². The highest BCUT2D eigenvalue weighted by Gasteiger charge is 2.23. The Bertz CT molecular complexity index is 794. The van der Waals surface area contributed by atoms with Crippen molar-refractivity contribution in [1.82, 2.24) is 14.9 Å². The fraction of sp³-hybridized carbons (Fsp3) is 0.357. The predicted molar refractivity (Wildman–Crippen MR) is 86.7 cm³/mol. The molecule has 0 spiro atoms. The molecule has 1 N–H and O–H groups in total. The normalized spacial score (nSPS) is 14.5. The molecule has 1 aliphatic heterocycles. The van der Waals surface area contributed by atoms with Crippen LogP contribution in [0.3, 0.4) is 0 Å². The Hall–Kier alpha value is -2.68. The third kappa shape index (κ3) is 3.30. The third-order valence-electron chi connectivity index (χ3n) is 3.71. The summed E-state index contributed by atoms with van der Waals surface area (Å²) >= 11 is 5.85. The number of hydrogen-bond acceptors (Lipinski definition) is 7. The molecule has 126 valence electrons. The lowest BCUT2D eigenvalue weighted by Crippen LogP contribution is -2.37. The predicted octanol–water partition coefficient (Wildman–Crippen LogP) is 3.14. The minimum atomic E-state index is -0.633. The molecule has 0 aliphatic carbocycles. The number of nitrogens with one attached hydrogen (secondary N) is 1. The van der Waals surface area contributed by atoms with Gasteiger partial charge in [0.2, 0.25) is 0 Å². The Labute approximate surface area is 141 Å². The Kier molecular flexibility index (Phi) is 4.61. The minimum Gasteiger partial charge on any atom is -0.324 e. The van der Waals surface area contributed by atoms with E-state index >= 15 is 0 Å². The topological polar surface area (TPSA) is 110 Å². The Balaban J connectivity index is 1.88. The van der Waals surface area contributed by atoms with Gasteiger partial charge in [0.1, 0.15) is 16.9 Å². The zero-order valence-electron chi connectivity index (χ0n) is 12.6. The van der Waals surface area contributed by atoms with Crippen molar-refractivity contribution in [2.24, 2.45) is 0 Å². The average molecular weight is 352 g/mol. The largest absolute Gasteiger partial charge is 0.434 e. The lowest BCUT2D eigenvalue weighted by atomic mass is 10.1. The van der Waals surface area contributed by atoms with Crippen LogP contribution in [0, 0.1) is 10.1 Å². The molecule has 0 saturated carbocycles. The highest BCUT2D eigenvalue weighted by Crippen LogP contribution is 2.31. The molecule has 1 amide bonds. The summed E-state index contributed by atoms with van der Waals surface area (Å²) in [5.41, 5.74) is 2.50. The van der Waals surface area contributed by atoms with Gasteiger partial charge in [-0.1, -0.05) is 11.6 Å². The van der Waals surface area contributed by atoms with Crippen LogP contribution in [0.1, 0.15) is 19.3 Å². The lowest BCUT2D eigenvalue weighted by Gasteiger charge is -2.25. The van der Waals surface area contributed by atoms with Crippen LogP contribution in [0.4, 0.5) is 16.2 Å². The summed E-state index contributed by atoms with van der Waals surface area (Å²) in [6, 6.07) is 3.10. The van der Waals surface area contributed by atoms with Gasteiger partial charge in [-0.2, -0.15) is 0 Å². The quantitative estimate of drug-likeness (QED) is 0.513. The number of amides is 1. The van der Waals surface area contributed by atoms with Gasteiger partial charge in [-0.25, -0.2) is 20.2 Å². The Morgan fingerprint density at radius 3 is 2.79 bits per heavy atom. The molecule has 0 radical (unpaired) electrons. The van der Waals surface area contributed by atoms with Crippen molar-refractivity contribution in [3.05, 3.63) is 33.6 Å². The van der Waals surface area contributed by atoms with E-state index in [1.807, 2.05) is 0 Å². The first-order valence-electron chi connectivity index (χ1n) is 7.37. The molecule has 2 aromatic rings. The van der Waals surface area contributed by atoms with E-state index in [0.29, 0.717) is 18.6 Å². The molecular formula is C14H14ClN5O4. The summed E-state index contributed by atoms with van der Waals surface area (Å²) in [6.45, 7) is 1.20. The number of rotatable bonds is 3. The van der Waals surface area contributed by atoms with Gasteiger partial charge in [0.25, 0.3) is 0 Å². The number of piperidine rings is 1. The van der Waals surface area contributed by atoms with Crippen molar-refractivity contribution in [2.75, 3.05) is 18.6 Å². The monoisotopic (exact) mass is 351 g/mol. The van der Waals surface area contributed by atoms with Gasteiger partial charge in [0.15, 0.2) is 5.69 Å². The van der Waals surface area contributed by atoms with Gasteiger partial charge in [0.05, 0.1) is 10.4 Å². The Morgan fingerprint density at radius 2 is 2.08 bits per heavy atom. The molecule has 1 fully saturated rings. The number of halogens is 1. The van der Waals surface area contributed by atoms with E-state index in [0.717, 1.165) is 25.5 Å². The van der Waals surface area contributed by atoms with Crippen LogP contribution >= 0.6 is 11.6 Å². The van der Waals surface area contributed by atoms with Crippen molar-refractivity contribution >= 4 is 40.1 Å². The lowest BCUT2D eigenvalue weighted by molar-refractivity contribution is -0.384. The molecular weight excluding hydrogens is 338 g/mol. The highest BCUT2D eigenvalue weighted by atomic mass is 35.5. The van der Waals surface area contributed by atoms with Gasteiger partial charge in [-0.15, -0.1) is 0 Å². The number of nitro groups is 1. The third-order valence-corrected chi connectivity index (χ3v) is 3.92. The van der Waals surface area contributed by atoms with Crippen molar-refractivity contribution in [3.63, 3.8) is 0 Å². The first-order chi connectivity index (χ1) is 11.6. The second-order valence-corrected chi connectivity index (χ2v) is 5.68. The van der Waals surface area contributed by atoms with Gasteiger partial charge >= 0.3 is 11.8 Å². The van der Waals surface area contributed by atoms with Crippen LogP contribution < -0.4 is 5.48 Å². The first-order valence-corrected chi connectivity index (χ1v) is 7.75. The molecule has 0 aromatic carbocycles. The van der Waals surface area contributed by atoms with Gasteiger partial charge in [-0.05, 0) is 31.4 Å². The molecule has 9 nitrogen and oxygen atoms in total. The van der Waals surface area contributed by atoms with Crippen LogP contribution in [0.15, 0.2) is 18.3 Å². The van der Waals surface area contributed by atoms with Gasteiger partial charge < -0.3 is 9.74 Å². The number of likely N-dealkylation sites (tertiary alicyclic amines) is 1. The minimum absolute atomic E-state index is 0.0575. The van der Waals surface area contributed by atoms with E-state index in [2.05, 4.69) is 15.4 Å². The fourth-order valence-corrected chi connectivity index (χ4v) is 2.65.